The Hall–Kier alpha value is -1.47. The summed E-state index contributed by atoms with van der Waals surface area (Å²) >= 11 is 0. The quantitative estimate of drug-likeness (QED) is 0.745. The molecule has 0 fully saturated rings. The van der Waals surface area contributed by atoms with Crippen LogP contribution in [0.15, 0.2) is 48.5 Å². The molecule has 78 valence electrons. The second kappa shape index (κ2) is 4.85. The van der Waals surface area contributed by atoms with E-state index in [4.69, 9.17) is 0 Å². The summed E-state index contributed by atoms with van der Waals surface area (Å²) in [7, 11) is 0. The van der Waals surface area contributed by atoms with Crippen LogP contribution in [0.1, 0.15) is 16.7 Å². The number of benzene rings is 1. The third-order valence-corrected chi connectivity index (χ3v) is 2.47. The summed E-state index contributed by atoms with van der Waals surface area (Å²) in [6, 6.07) is 17.0. The van der Waals surface area contributed by atoms with Crippen molar-refractivity contribution in [2.24, 2.45) is 0 Å². The topological polar surface area (TPSA) is 12.0 Å². The van der Waals surface area contributed by atoms with Gasteiger partial charge in [0.25, 0.3) is 0 Å². The maximum absolute atomic E-state index is 3.43. The number of hydrogen-bond acceptors (Lipinski definition) is 1. The maximum atomic E-state index is 3.43. The van der Waals surface area contributed by atoms with Gasteiger partial charge in [-0.25, -0.2) is 6.07 Å². The minimum Gasteiger partial charge on any atom is -0.321 e. The zero-order valence-electron chi connectivity index (χ0n) is 9.03. The van der Waals surface area contributed by atoms with Crippen LogP contribution < -0.4 is 5.32 Å². The van der Waals surface area contributed by atoms with Gasteiger partial charge in [0.15, 0.2) is 0 Å². The van der Waals surface area contributed by atoms with Gasteiger partial charge in [0.05, 0.1) is 0 Å². The van der Waals surface area contributed by atoms with Crippen molar-refractivity contribution in [1.82, 2.24) is 5.32 Å². The molecule has 0 radical (unpaired) electrons. The summed E-state index contributed by atoms with van der Waals surface area (Å²) in [5.74, 6) is 0. The van der Waals surface area contributed by atoms with E-state index in [1.54, 1.807) is 0 Å². The van der Waals surface area contributed by atoms with E-state index in [9.17, 15) is 0 Å². The number of nitrogens with one attached hydrogen (secondary N) is 1. The highest BCUT2D eigenvalue weighted by atomic mass is 14.8. The SMILES string of the molecule is Cc1cccc(CNCc2cc[cH-]c2)c1. The van der Waals surface area contributed by atoms with E-state index in [1.807, 2.05) is 0 Å². The minimum absolute atomic E-state index is 0.937. The largest absolute Gasteiger partial charge is 0.321 e. The van der Waals surface area contributed by atoms with Gasteiger partial charge in [-0.05, 0) is 19.0 Å². The smallest absolute Gasteiger partial charge is 0.0197 e. The van der Waals surface area contributed by atoms with Gasteiger partial charge >= 0.3 is 0 Å². The first-order valence-corrected chi connectivity index (χ1v) is 5.31. The van der Waals surface area contributed by atoms with Crippen molar-refractivity contribution >= 4 is 0 Å². The molecule has 0 saturated heterocycles. The Balaban J connectivity index is 1.83. The zero-order valence-corrected chi connectivity index (χ0v) is 9.03. The first kappa shape index (κ1) is 10.1. The van der Waals surface area contributed by atoms with Crippen molar-refractivity contribution < 1.29 is 0 Å². The Kier molecular flexibility index (Phi) is 3.25. The Morgan fingerprint density at radius 2 is 2.00 bits per heavy atom. The fraction of sp³-hybridized carbons (Fsp3) is 0.214. The molecule has 1 N–H and O–H groups in total. The van der Waals surface area contributed by atoms with Gasteiger partial charge in [-0.1, -0.05) is 29.8 Å². The minimum atomic E-state index is 0.937. The van der Waals surface area contributed by atoms with Gasteiger partial charge in [-0.3, -0.25) is 0 Å². The number of hydrogen-bond donors (Lipinski definition) is 1. The first-order valence-electron chi connectivity index (χ1n) is 5.31. The van der Waals surface area contributed by atoms with Crippen molar-refractivity contribution in [1.29, 1.82) is 0 Å². The highest BCUT2D eigenvalue weighted by molar-refractivity contribution is 5.22. The molecule has 1 nitrogen and oxygen atoms in total. The molecule has 0 spiro atoms. The van der Waals surface area contributed by atoms with Gasteiger partial charge < -0.3 is 5.32 Å². The monoisotopic (exact) mass is 198 g/mol. The van der Waals surface area contributed by atoms with E-state index in [0.29, 0.717) is 0 Å². The molecule has 0 amide bonds. The highest BCUT2D eigenvalue weighted by Crippen LogP contribution is 2.04. The third-order valence-electron chi connectivity index (χ3n) is 2.47. The lowest BCUT2D eigenvalue weighted by Crippen LogP contribution is -2.12. The Morgan fingerprint density at radius 3 is 2.73 bits per heavy atom. The summed E-state index contributed by atoms with van der Waals surface area (Å²) in [6.07, 6.45) is 0. The van der Waals surface area contributed by atoms with Crippen LogP contribution in [0.25, 0.3) is 0 Å². The Morgan fingerprint density at radius 1 is 1.13 bits per heavy atom. The number of aryl methyl sites for hydroxylation is 1. The molecule has 1 heteroatoms. The standard InChI is InChI=1S/C14H16N/c1-12-5-4-8-14(9-12)11-15-10-13-6-2-3-7-13/h2-9,15H,10-11H2,1H3/q-1. The lowest BCUT2D eigenvalue weighted by Gasteiger charge is -2.07. The Bertz CT molecular complexity index is 401. The molecule has 2 aromatic carbocycles. The maximum Gasteiger partial charge on any atom is 0.0197 e. The fourth-order valence-electron chi connectivity index (χ4n) is 1.70. The Labute approximate surface area is 91.1 Å². The molecule has 0 unspecified atom stereocenters. The molecular formula is C14H16N-. The summed E-state index contributed by atoms with van der Waals surface area (Å²) in [5.41, 5.74) is 4.02. The molecule has 15 heavy (non-hydrogen) atoms. The molecule has 2 rings (SSSR count). The molecule has 0 aliphatic heterocycles. The third kappa shape index (κ3) is 3.00. The van der Waals surface area contributed by atoms with E-state index in [2.05, 4.69) is 60.8 Å². The van der Waals surface area contributed by atoms with Crippen LogP contribution in [-0.2, 0) is 13.1 Å². The van der Waals surface area contributed by atoms with E-state index < -0.39 is 0 Å². The summed E-state index contributed by atoms with van der Waals surface area (Å²) in [4.78, 5) is 0. The average molecular weight is 198 g/mol. The summed E-state index contributed by atoms with van der Waals surface area (Å²) in [6.45, 7) is 4.01. The molecular weight excluding hydrogens is 182 g/mol. The van der Waals surface area contributed by atoms with Crippen LogP contribution in [-0.4, -0.2) is 0 Å². The van der Waals surface area contributed by atoms with Crippen molar-refractivity contribution in [2.75, 3.05) is 0 Å². The predicted octanol–water partition coefficient (Wildman–Crippen LogP) is 3.00. The molecule has 0 bridgehead atoms. The van der Waals surface area contributed by atoms with Gasteiger partial charge in [0.1, 0.15) is 0 Å². The molecule has 0 saturated carbocycles. The van der Waals surface area contributed by atoms with E-state index >= 15 is 0 Å². The van der Waals surface area contributed by atoms with E-state index in [1.165, 1.54) is 16.7 Å². The fourth-order valence-corrected chi connectivity index (χ4v) is 1.70. The van der Waals surface area contributed by atoms with Crippen molar-refractivity contribution in [3.63, 3.8) is 0 Å². The van der Waals surface area contributed by atoms with Crippen molar-refractivity contribution in [3.8, 4) is 0 Å². The molecule has 0 aliphatic rings. The lowest BCUT2D eigenvalue weighted by molar-refractivity contribution is 0.694. The van der Waals surface area contributed by atoms with Crippen molar-refractivity contribution in [3.05, 3.63) is 65.2 Å². The lowest BCUT2D eigenvalue weighted by atomic mass is 10.1. The summed E-state index contributed by atoms with van der Waals surface area (Å²) in [5, 5.41) is 3.43. The van der Waals surface area contributed by atoms with Crippen LogP contribution in [0.5, 0.6) is 0 Å². The second-order valence-electron chi connectivity index (χ2n) is 3.89. The van der Waals surface area contributed by atoms with Crippen LogP contribution in [0, 0.1) is 6.92 Å². The van der Waals surface area contributed by atoms with Gasteiger partial charge in [-0.2, -0.15) is 23.8 Å². The molecule has 2 aromatic rings. The molecule has 0 heterocycles. The second-order valence-corrected chi connectivity index (χ2v) is 3.89. The molecule has 0 aliphatic carbocycles. The van der Waals surface area contributed by atoms with Crippen LogP contribution in [0.3, 0.4) is 0 Å². The van der Waals surface area contributed by atoms with Crippen molar-refractivity contribution in [2.45, 2.75) is 20.0 Å². The van der Waals surface area contributed by atoms with Gasteiger partial charge in [0.2, 0.25) is 0 Å². The van der Waals surface area contributed by atoms with E-state index in [0.717, 1.165) is 13.1 Å². The number of rotatable bonds is 4. The van der Waals surface area contributed by atoms with Crippen LogP contribution in [0.4, 0.5) is 0 Å². The summed E-state index contributed by atoms with van der Waals surface area (Å²) < 4.78 is 0. The highest BCUT2D eigenvalue weighted by Gasteiger charge is 1.91. The average Bonchev–Trinajstić information content (AvgIpc) is 2.71. The zero-order chi connectivity index (χ0) is 10.5. The predicted molar refractivity (Wildman–Crippen MR) is 63.8 cm³/mol. The van der Waals surface area contributed by atoms with Gasteiger partial charge in [-0.15, -0.1) is 0 Å². The molecule has 0 aromatic heterocycles. The molecule has 0 atom stereocenters. The van der Waals surface area contributed by atoms with Crippen LogP contribution in [0.2, 0.25) is 0 Å². The van der Waals surface area contributed by atoms with E-state index in [-0.39, 0.29) is 0 Å². The normalized spacial score (nSPS) is 10.5. The van der Waals surface area contributed by atoms with Gasteiger partial charge in [0, 0.05) is 6.54 Å². The first-order chi connectivity index (χ1) is 7.34. The van der Waals surface area contributed by atoms with Crippen LogP contribution >= 0.6 is 0 Å².